The second-order valence-electron chi connectivity index (χ2n) is 8.80. The van der Waals surface area contributed by atoms with Crippen LogP contribution in [0.4, 0.5) is 4.79 Å². The van der Waals surface area contributed by atoms with Crippen molar-refractivity contribution < 1.29 is 19.1 Å². The summed E-state index contributed by atoms with van der Waals surface area (Å²) in [6.45, 7) is 9.17. The number of hydrogen-bond acceptors (Lipinski definition) is 5. The van der Waals surface area contributed by atoms with Gasteiger partial charge in [0.1, 0.15) is 16.9 Å². The van der Waals surface area contributed by atoms with Gasteiger partial charge in [-0.15, -0.1) is 0 Å². The van der Waals surface area contributed by atoms with Crippen molar-refractivity contribution in [1.29, 1.82) is 5.26 Å². The predicted molar refractivity (Wildman–Crippen MR) is 115 cm³/mol. The van der Waals surface area contributed by atoms with E-state index in [1.807, 2.05) is 0 Å². The number of likely N-dealkylation sites (tertiary alicyclic amines) is 1. The first kappa shape index (κ1) is 24.1. The van der Waals surface area contributed by atoms with Crippen molar-refractivity contribution in [2.45, 2.75) is 64.2 Å². The second kappa shape index (κ2) is 8.91. The fourth-order valence-electron chi connectivity index (χ4n) is 2.91. The number of nitrogens with zero attached hydrogens (tertiary/aromatic N) is 2. The minimum Gasteiger partial charge on any atom is -0.476 e. The van der Waals surface area contributed by atoms with Crippen LogP contribution in [0.25, 0.3) is 0 Å². The maximum atomic E-state index is 12.9. The third-order valence-electron chi connectivity index (χ3n) is 4.64. The van der Waals surface area contributed by atoms with Gasteiger partial charge in [-0.2, -0.15) is 5.26 Å². The summed E-state index contributed by atoms with van der Waals surface area (Å²) in [5.74, 6) is -0.146. The Morgan fingerprint density at radius 3 is 2.27 bits per heavy atom. The SMILES string of the molecule is CC(C)(C)OC(=O)N1CCC(C#N)(NC(=O)C(C)(C)Oc2ccc(Cl)cc2Cl)CC1. The van der Waals surface area contributed by atoms with E-state index < -0.39 is 28.7 Å². The van der Waals surface area contributed by atoms with Gasteiger partial charge >= 0.3 is 6.09 Å². The maximum Gasteiger partial charge on any atom is 0.410 e. The van der Waals surface area contributed by atoms with Gasteiger partial charge in [0.05, 0.1) is 11.1 Å². The number of amides is 2. The Balaban J connectivity index is 2.03. The van der Waals surface area contributed by atoms with E-state index in [4.69, 9.17) is 32.7 Å². The molecule has 1 heterocycles. The molecule has 2 rings (SSSR count). The van der Waals surface area contributed by atoms with Crippen molar-refractivity contribution in [1.82, 2.24) is 10.2 Å². The standard InChI is InChI=1S/C21H27Cl2N3O4/c1-19(2,3)30-18(28)26-10-8-21(13-24,9-11-26)25-17(27)20(4,5)29-16-7-6-14(22)12-15(16)23/h6-7,12H,8-11H2,1-5H3,(H,25,27). The average Bonchev–Trinajstić information content (AvgIpc) is 2.63. The van der Waals surface area contributed by atoms with E-state index in [2.05, 4.69) is 11.4 Å². The quantitative estimate of drug-likeness (QED) is 0.717. The molecule has 2 amide bonds. The molecule has 0 radical (unpaired) electrons. The minimum atomic E-state index is -1.29. The lowest BCUT2D eigenvalue weighted by Gasteiger charge is -2.39. The van der Waals surface area contributed by atoms with Crippen LogP contribution in [0.1, 0.15) is 47.5 Å². The zero-order chi connectivity index (χ0) is 22.7. The van der Waals surface area contributed by atoms with E-state index in [-0.39, 0.29) is 17.9 Å². The molecule has 7 nitrogen and oxygen atoms in total. The Bertz CT molecular complexity index is 851. The highest BCUT2D eigenvalue weighted by Crippen LogP contribution is 2.31. The van der Waals surface area contributed by atoms with Gasteiger partial charge in [0.15, 0.2) is 5.60 Å². The minimum absolute atomic E-state index is 0.282. The molecular weight excluding hydrogens is 429 g/mol. The highest BCUT2D eigenvalue weighted by Gasteiger charge is 2.42. The molecule has 164 valence electrons. The summed E-state index contributed by atoms with van der Waals surface area (Å²) in [6.07, 6.45) is 0.139. The third kappa shape index (κ3) is 6.16. The molecule has 30 heavy (non-hydrogen) atoms. The first-order valence-electron chi connectivity index (χ1n) is 9.63. The number of rotatable bonds is 4. The van der Waals surface area contributed by atoms with Gasteiger partial charge in [-0.1, -0.05) is 23.2 Å². The van der Waals surface area contributed by atoms with Crippen molar-refractivity contribution in [3.8, 4) is 11.8 Å². The number of piperidine rings is 1. The largest absolute Gasteiger partial charge is 0.476 e. The summed E-state index contributed by atoms with van der Waals surface area (Å²) in [5, 5.41) is 13.3. The Morgan fingerprint density at radius 1 is 1.17 bits per heavy atom. The predicted octanol–water partition coefficient (Wildman–Crippen LogP) is 4.56. The van der Waals surface area contributed by atoms with Crippen molar-refractivity contribution >= 4 is 35.2 Å². The lowest BCUT2D eigenvalue weighted by molar-refractivity contribution is -0.136. The first-order valence-corrected chi connectivity index (χ1v) is 10.4. The molecule has 1 fully saturated rings. The number of benzene rings is 1. The summed E-state index contributed by atoms with van der Waals surface area (Å²) >= 11 is 12.0. The van der Waals surface area contributed by atoms with E-state index in [9.17, 15) is 14.9 Å². The van der Waals surface area contributed by atoms with E-state index in [0.717, 1.165) is 0 Å². The second-order valence-corrected chi connectivity index (χ2v) is 9.65. The number of carbonyl (C=O) groups excluding carboxylic acids is 2. The molecule has 1 aromatic rings. The van der Waals surface area contributed by atoms with Crippen LogP contribution < -0.4 is 10.1 Å². The molecular formula is C21H27Cl2N3O4. The molecule has 0 unspecified atom stereocenters. The van der Waals surface area contributed by atoms with Crippen LogP contribution in [0, 0.1) is 11.3 Å². The summed E-state index contributed by atoms with van der Waals surface area (Å²) in [5.41, 5.74) is -2.98. The number of nitrogens with one attached hydrogen (secondary N) is 1. The maximum absolute atomic E-state index is 12.9. The van der Waals surface area contributed by atoms with Gasteiger partial charge in [-0.3, -0.25) is 4.79 Å². The molecule has 0 bridgehead atoms. The summed E-state index contributed by atoms with van der Waals surface area (Å²) in [6, 6.07) is 6.92. The fourth-order valence-corrected chi connectivity index (χ4v) is 3.36. The molecule has 1 saturated heterocycles. The summed E-state index contributed by atoms with van der Waals surface area (Å²) in [4.78, 5) is 26.7. The van der Waals surface area contributed by atoms with E-state index in [1.165, 1.54) is 6.07 Å². The van der Waals surface area contributed by atoms with Gasteiger partial charge in [0, 0.05) is 31.0 Å². The molecule has 1 aliphatic heterocycles. The lowest BCUT2D eigenvalue weighted by Crippen LogP contribution is -2.60. The van der Waals surface area contributed by atoms with Crippen molar-refractivity contribution in [3.63, 3.8) is 0 Å². The molecule has 9 heteroatoms. The molecule has 0 spiro atoms. The lowest BCUT2D eigenvalue weighted by atomic mass is 9.88. The smallest absolute Gasteiger partial charge is 0.410 e. The molecule has 0 saturated carbocycles. The topological polar surface area (TPSA) is 91.7 Å². The van der Waals surface area contributed by atoms with Crippen LogP contribution in [0.5, 0.6) is 5.75 Å². The van der Waals surface area contributed by atoms with Gasteiger partial charge in [0.25, 0.3) is 5.91 Å². The molecule has 0 atom stereocenters. The van der Waals surface area contributed by atoms with E-state index >= 15 is 0 Å². The highest BCUT2D eigenvalue weighted by molar-refractivity contribution is 6.35. The van der Waals surface area contributed by atoms with Crippen LogP contribution in [0.3, 0.4) is 0 Å². The van der Waals surface area contributed by atoms with E-state index in [1.54, 1.807) is 51.7 Å². The monoisotopic (exact) mass is 455 g/mol. The Hall–Kier alpha value is -2.17. The van der Waals surface area contributed by atoms with Crippen LogP contribution in [0.15, 0.2) is 18.2 Å². The van der Waals surface area contributed by atoms with Gasteiger partial charge in [0.2, 0.25) is 0 Å². The first-order chi connectivity index (χ1) is 13.8. The molecule has 1 aliphatic rings. The summed E-state index contributed by atoms with van der Waals surface area (Å²) in [7, 11) is 0. The van der Waals surface area contributed by atoms with Gasteiger partial charge < -0.3 is 19.7 Å². The number of nitriles is 1. The van der Waals surface area contributed by atoms with Crippen molar-refractivity contribution in [2.75, 3.05) is 13.1 Å². The molecule has 0 aliphatic carbocycles. The van der Waals surface area contributed by atoms with Crippen LogP contribution in [-0.4, -0.2) is 46.7 Å². The number of carbonyl (C=O) groups is 2. The Morgan fingerprint density at radius 2 is 1.77 bits per heavy atom. The third-order valence-corrected chi connectivity index (χ3v) is 5.17. The van der Waals surface area contributed by atoms with Crippen LogP contribution in [-0.2, 0) is 9.53 Å². The van der Waals surface area contributed by atoms with Crippen molar-refractivity contribution in [3.05, 3.63) is 28.2 Å². The molecule has 1 N–H and O–H groups in total. The van der Waals surface area contributed by atoms with Gasteiger partial charge in [-0.25, -0.2) is 4.79 Å². The van der Waals surface area contributed by atoms with Gasteiger partial charge in [-0.05, 0) is 52.8 Å². The zero-order valence-electron chi connectivity index (χ0n) is 17.8. The van der Waals surface area contributed by atoms with Crippen LogP contribution in [0.2, 0.25) is 10.0 Å². The summed E-state index contributed by atoms with van der Waals surface area (Å²) < 4.78 is 11.2. The van der Waals surface area contributed by atoms with Crippen molar-refractivity contribution in [2.24, 2.45) is 0 Å². The number of ether oxygens (including phenoxy) is 2. The normalized spacial score (nSPS) is 16.4. The molecule has 0 aromatic heterocycles. The number of hydrogen-bond donors (Lipinski definition) is 1. The Kier molecular flexibility index (Phi) is 7.16. The Labute approximate surface area is 187 Å². The average molecular weight is 456 g/mol. The fraction of sp³-hybridized carbons (Fsp3) is 0.571. The highest BCUT2D eigenvalue weighted by atomic mass is 35.5. The molecule has 1 aromatic carbocycles. The van der Waals surface area contributed by atoms with Crippen LogP contribution >= 0.6 is 23.2 Å². The zero-order valence-corrected chi connectivity index (χ0v) is 19.4. The van der Waals surface area contributed by atoms with E-state index in [0.29, 0.717) is 23.9 Å². The number of halogens is 2.